The molecule has 0 aliphatic carbocycles. The highest BCUT2D eigenvalue weighted by Gasteiger charge is 2.21. The summed E-state index contributed by atoms with van der Waals surface area (Å²) < 4.78 is 1.14. The van der Waals surface area contributed by atoms with Gasteiger partial charge in [0.2, 0.25) is 0 Å². The van der Waals surface area contributed by atoms with Gasteiger partial charge in [0.1, 0.15) is 5.75 Å². The number of nitrogens with zero attached hydrogens (tertiary/aromatic N) is 1. The minimum absolute atomic E-state index is 0.0509. The number of quaternary nitrogens is 1. The van der Waals surface area contributed by atoms with Crippen molar-refractivity contribution in [1.82, 2.24) is 0 Å². The van der Waals surface area contributed by atoms with Crippen molar-refractivity contribution in [3.05, 3.63) is 35.9 Å². The molecule has 1 unspecified atom stereocenters. The number of hydrogen-bond donors (Lipinski definition) is 1. The molecule has 1 aromatic carbocycles. The number of carbonyl (C=O) groups excluding carboxylic acids is 1. The number of aromatic hydroxyl groups is 1. The van der Waals surface area contributed by atoms with E-state index in [1.54, 1.807) is 18.2 Å². The van der Waals surface area contributed by atoms with Crippen LogP contribution in [0.5, 0.6) is 5.75 Å². The van der Waals surface area contributed by atoms with Gasteiger partial charge in [-0.1, -0.05) is 96.3 Å². The van der Waals surface area contributed by atoms with Crippen LogP contribution in [0.15, 0.2) is 30.3 Å². The highest BCUT2D eigenvalue weighted by molar-refractivity contribution is 5.84. The van der Waals surface area contributed by atoms with Crippen LogP contribution < -0.4 is 5.11 Å². The number of carboxylic acids is 1. The van der Waals surface area contributed by atoms with Gasteiger partial charge in [-0.2, -0.15) is 0 Å². The molecule has 4 heteroatoms. The second kappa shape index (κ2) is 18.7. The summed E-state index contributed by atoms with van der Waals surface area (Å²) in [6, 6.07) is 7.32. The number of unbranched alkanes of at least 4 members (excludes halogenated alkanes) is 9. The summed E-state index contributed by atoms with van der Waals surface area (Å²) in [6.07, 6.45) is 20.8. The smallest absolute Gasteiger partial charge is 0.122 e. The van der Waals surface area contributed by atoms with Gasteiger partial charge in [-0.25, -0.2) is 0 Å². The summed E-state index contributed by atoms with van der Waals surface area (Å²) in [5.41, 5.74) is 0.460. The molecule has 0 saturated heterocycles. The maximum Gasteiger partial charge on any atom is 0.122 e. The summed E-state index contributed by atoms with van der Waals surface area (Å²) >= 11 is 0. The van der Waals surface area contributed by atoms with Gasteiger partial charge < -0.3 is 19.5 Å². The number of phenols is 1. The van der Waals surface area contributed by atoms with E-state index in [1.807, 2.05) is 0 Å². The van der Waals surface area contributed by atoms with Crippen molar-refractivity contribution in [2.75, 3.05) is 21.1 Å². The minimum atomic E-state index is -1.28. The fraction of sp³-hybridized carbons (Fsp3) is 0.679. The van der Waals surface area contributed by atoms with Crippen molar-refractivity contribution in [2.24, 2.45) is 0 Å². The molecule has 0 heterocycles. The van der Waals surface area contributed by atoms with Crippen LogP contribution >= 0.6 is 0 Å². The quantitative estimate of drug-likeness (QED) is 0.183. The highest BCUT2D eigenvalue weighted by atomic mass is 16.4. The second-order valence-corrected chi connectivity index (χ2v) is 9.74. The van der Waals surface area contributed by atoms with Gasteiger partial charge in [0.05, 0.1) is 33.2 Å². The first-order chi connectivity index (χ1) is 15.2. The number of phenolic OH excluding ortho intramolecular Hbond substituents is 1. The summed E-state index contributed by atoms with van der Waals surface area (Å²) in [5.74, 6) is -1.23. The molecule has 1 rings (SSSR count). The molecule has 4 nitrogen and oxygen atoms in total. The van der Waals surface area contributed by atoms with Crippen LogP contribution in [0.2, 0.25) is 0 Å². The monoisotopic (exact) mass is 447 g/mol. The number of hydrogen-bond acceptors (Lipinski definition) is 3. The fourth-order valence-corrected chi connectivity index (χ4v) is 3.91. The third-order valence-corrected chi connectivity index (χ3v) is 5.94. The average molecular weight is 448 g/mol. The summed E-state index contributed by atoms with van der Waals surface area (Å²) in [6.45, 7) is 4.61. The predicted octanol–water partition coefficient (Wildman–Crippen LogP) is 6.33. The number of aliphatic carboxylic acids is 1. The molecule has 1 atom stereocenters. The Morgan fingerprint density at radius 2 is 1.41 bits per heavy atom. The number of rotatable bonds is 16. The van der Waals surface area contributed by atoms with Gasteiger partial charge in [-0.3, -0.25) is 0 Å². The van der Waals surface area contributed by atoms with Gasteiger partial charge in [0, 0.05) is 5.56 Å². The van der Waals surface area contributed by atoms with Gasteiger partial charge in [-0.15, -0.1) is 0 Å². The van der Waals surface area contributed by atoms with Crippen molar-refractivity contribution in [2.45, 2.75) is 103 Å². The third kappa shape index (κ3) is 16.8. The SMILES string of the molecule is CCCCCCCCCCCCC(CCC)[N+](C)(C)C.O=C([O-])/C=C/c1ccccc1O. The van der Waals surface area contributed by atoms with Crippen molar-refractivity contribution in [3.8, 4) is 5.75 Å². The zero-order chi connectivity index (χ0) is 24.2. The highest BCUT2D eigenvalue weighted by Crippen LogP contribution is 2.19. The number of para-hydroxylation sites is 1. The minimum Gasteiger partial charge on any atom is -0.545 e. The molecule has 0 bridgehead atoms. The van der Waals surface area contributed by atoms with Crippen molar-refractivity contribution < 1.29 is 19.5 Å². The van der Waals surface area contributed by atoms with E-state index in [1.165, 1.54) is 95.6 Å². The topological polar surface area (TPSA) is 60.4 Å². The lowest BCUT2D eigenvalue weighted by Crippen LogP contribution is -2.44. The Kier molecular flexibility index (Phi) is 17.7. The summed E-state index contributed by atoms with van der Waals surface area (Å²) in [5, 5.41) is 19.2. The maximum atomic E-state index is 10.0. The fourth-order valence-electron chi connectivity index (χ4n) is 3.91. The van der Waals surface area contributed by atoms with E-state index in [0.29, 0.717) is 5.56 Å². The molecule has 0 amide bonds. The largest absolute Gasteiger partial charge is 0.545 e. The zero-order valence-corrected chi connectivity index (χ0v) is 21.4. The first-order valence-electron chi connectivity index (χ1n) is 12.7. The molecule has 0 saturated carbocycles. The van der Waals surface area contributed by atoms with Crippen LogP contribution in [0.3, 0.4) is 0 Å². The van der Waals surface area contributed by atoms with E-state index in [-0.39, 0.29) is 5.75 Å². The first kappa shape index (κ1) is 30.2. The van der Waals surface area contributed by atoms with E-state index in [4.69, 9.17) is 5.11 Å². The van der Waals surface area contributed by atoms with Crippen LogP contribution in [0.1, 0.15) is 103 Å². The molecular formula is C28H49NO3. The standard InChI is InChI=1S/C19H42N.C9H8O3/c1-6-8-9-10-11-12-13-14-15-16-18-19(17-7-2)20(3,4)5;10-8-4-2-1-3-7(8)5-6-9(11)12/h19H,6-18H2,1-5H3;1-6,10H,(H,11,12)/q+1;/p-1/b;6-5+. The Hall–Kier alpha value is -1.81. The van der Waals surface area contributed by atoms with Crippen LogP contribution in [-0.2, 0) is 4.79 Å². The van der Waals surface area contributed by atoms with Gasteiger partial charge in [0.15, 0.2) is 0 Å². The Morgan fingerprint density at radius 1 is 0.875 bits per heavy atom. The number of carboxylic acid groups (broad SMARTS) is 1. The lowest BCUT2D eigenvalue weighted by molar-refractivity contribution is -0.896. The summed E-state index contributed by atoms with van der Waals surface area (Å²) in [7, 11) is 7.07. The van der Waals surface area contributed by atoms with Crippen molar-refractivity contribution >= 4 is 12.0 Å². The second-order valence-electron chi connectivity index (χ2n) is 9.74. The van der Waals surface area contributed by atoms with E-state index in [0.717, 1.165) is 16.6 Å². The molecule has 0 fully saturated rings. The Morgan fingerprint density at radius 3 is 1.88 bits per heavy atom. The maximum absolute atomic E-state index is 10.0. The molecular weight excluding hydrogens is 398 g/mol. The zero-order valence-electron chi connectivity index (χ0n) is 21.4. The van der Waals surface area contributed by atoms with Crippen LogP contribution in [-0.4, -0.2) is 42.7 Å². The van der Waals surface area contributed by atoms with Crippen LogP contribution in [0.25, 0.3) is 6.08 Å². The van der Waals surface area contributed by atoms with Crippen LogP contribution in [0, 0.1) is 0 Å². The Bertz CT molecular complexity index is 619. The normalized spacial score (nSPS) is 12.4. The Balaban J connectivity index is 0.000000677. The van der Waals surface area contributed by atoms with Crippen molar-refractivity contribution in [3.63, 3.8) is 0 Å². The van der Waals surface area contributed by atoms with Gasteiger partial charge >= 0.3 is 0 Å². The number of benzene rings is 1. The lowest BCUT2D eigenvalue weighted by atomic mass is 10.00. The molecule has 184 valence electrons. The molecule has 0 aromatic heterocycles. The van der Waals surface area contributed by atoms with Gasteiger partial charge in [-0.05, 0) is 37.5 Å². The molecule has 0 aliphatic rings. The van der Waals surface area contributed by atoms with Gasteiger partial charge in [0.25, 0.3) is 0 Å². The molecule has 0 spiro atoms. The molecule has 1 N–H and O–H groups in total. The first-order valence-corrected chi connectivity index (χ1v) is 12.7. The molecule has 0 radical (unpaired) electrons. The predicted molar refractivity (Wildman–Crippen MR) is 135 cm³/mol. The average Bonchev–Trinajstić information content (AvgIpc) is 2.73. The van der Waals surface area contributed by atoms with E-state index < -0.39 is 5.97 Å². The lowest BCUT2D eigenvalue weighted by Gasteiger charge is -2.34. The Labute approximate surface area is 197 Å². The third-order valence-electron chi connectivity index (χ3n) is 5.94. The summed E-state index contributed by atoms with van der Waals surface area (Å²) in [4.78, 5) is 10.0. The van der Waals surface area contributed by atoms with Crippen molar-refractivity contribution in [1.29, 1.82) is 0 Å². The van der Waals surface area contributed by atoms with E-state index in [2.05, 4.69) is 35.0 Å². The molecule has 1 aromatic rings. The van der Waals surface area contributed by atoms with E-state index in [9.17, 15) is 9.90 Å². The van der Waals surface area contributed by atoms with E-state index >= 15 is 0 Å². The number of carbonyl (C=O) groups is 1. The molecule has 32 heavy (non-hydrogen) atoms. The molecule has 0 aliphatic heterocycles. The van der Waals surface area contributed by atoms with Crippen LogP contribution in [0.4, 0.5) is 0 Å².